The average molecular weight is 345 g/mol. The van der Waals surface area contributed by atoms with Crippen LogP contribution < -0.4 is 5.32 Å². The van der Waals surface area contributed by atoms with Crippen molar-refractivity contribution in [3.8, 4) is 6.07 Å². The average Bonchev–Trinajstić information content (AvgIpc) is 2.68. The van der Waals surface area contributed by atoms with E-state index in [1.54, 1.807) is 42.2 Å². The number of nitriles is 1. The molecular formula is C20H15N3OS. The Kier molecular flexibility index (Phi) is 5.45. The number of nitrogens with zero attached hydrogens (tertiary/aromatic N) is 2. The molecule has 2 aromatic carbocycles. The van der Waals surface area contributed by atoms with Crippen molar-refractivity contribution in [1.29, 1.82) is 5.26 Å². The molecule has 3 rings (SSSR count). The number of anilines is 1. The Morgan fingerprint density at radius 3 is 2.68 bits per heavy atom. The highest BCUT2D eigenvalue weighted by Gasteiger charge is 2.07. The van der Waals surface area contributed by atoms with E-state index in [2.05, 4.69) is 10.3 Å². The summed E-state index contributed by atoms with van der Waals surface area (Å²) in [6.45, 7) is 0. The van der Waals surface area contributed by atoms with Crippen molar-refractivity contribution in [2.24, 2.45) is 0 Å². The molecule has 122 valence electrons. The van der Waals surface area contributed by atoms with Crippen LogP contribution >= 0.6 is 11.8 Å². The lowest BCUT2D eigenvalue weighted by Gasteiger charge is -2.07. The summed E-state index contributed by atoms with van der Waals surface area (Å²) in [4.78, 5) is 17.5. The number of thioether (sulfide) groups is 1. The molecule has 0 bridgehead atoms. The first-order valence-electron chi connectivity index (χ1n) is 7.68. The van der Waals surface area contributed by atoms with Crippen LogP contribution in [0.15, 0.2) is 78.0 Å². The number of carbonyl (C=O) groups is 1. The first kappa shape index (κ1) is 16.7. The third-order valence-electron chi connectivity index (χ3n) is 3.49. The first-order valence-corrected chi connectivity index (χ1v) is 8.66. The van der Waals surface area contributed by atoms with Gasteiger partial charge in [-0.2, -0.15) is 5.26 Å². The Hall–Kier alpha value is -3.10. The van der Waals surface area contributed by atoms with Gasteiger partial charge in [-0.25, -0.2) is 0 Å². The van der Waals surface area contributed by atoms with Crippen molar-refractivity contribution in [1.82, 2.24) is 4.98 Å². The van der Waals surface area contributed by atoms with Gasteiger partial charge in [-0.1, -0.05) is 12.1 Å². The minimum atomic E-state index is -0.229. The number of benzene rings is 2. The summed E-state index contributed by atoms with van der Waals surface area (Å²) < 4.78 is 0. The minimum absolute atomic E-state index is 0.229. The van der Waals surface area contributed by atoms with Crippen molar-refractivity contribution in [3.63, 3.8) is 0 Å². The second kappa shape index (κ2) is 8.13. The lowest BCUT2D eigenvalue weighted by molar-refractivity contribution is 0.102. The fourth-order valence-corrected chi connectivity index (χ4v) is 3.05. The Morgan fingerprint density at radius 2 is 1.96 bits per heavy atom. The molecule has 0 radical (unpaired) electrons. The highest BCUT2D eigenvalue weighted by Crippen LogP contribution is 2.24. The number of carbonyl (C=O) groups excluding carboxylic acids is 1. The SMILES string of the molecule is N#Cc1cccc(C(=O)Nc2ccc(SCc3cccnc3)cc2)c1. The van der Waals surface area contributed by atoms with E-state index >= 15 is 0 Å². The minimum Gasteiger partial charge on any atom is -0.322 e. The summed E-state index contributed by atoms with van der Waals surface area (Å²) in [5.41, 5.74) is 2.82. The molecule has 0 saturated carbocycles. The summed E-state index contributed by atoms with van der Waals surface area (Å²) in [5.74, 6) is 0.619. The number of amides is 1. The van der Waals surface area contributed by atoms with Crippen molar-refractivity contribution in [2.45, 2.75) is 10.6 Å². The summed E-state index contributed by atoms with van der Waals surface area (Å²) in [5, 5.41) is 11.8. The Labute approximate surface area is 150 Å². The third-order valence-corrected chi connectivity index (χ3v) is 4.58. The van der Waals surface area contributed by atoms with Crippen molar-refractivity contribution in [3.05, 3.63) is 89.7 Å². The zero-order valence-electron chi connectivity index (χ0n) is 13.3. The normalized spacial score (nSPS) is 10.0. The van der Waals surface area contributed by atoms with Gasteiger partial charge in [0.2, 0.25) is 0 Å². The van der Waals surface area contributed by atoms with E-state index in [0.29, 0.717) is 11.1 Å². The molecule has 0 saturated heterocycles. The van der Waals surface area contributed by atoms with Gasteiger partial charge in [0, 0.05) is 34.3 Å². The van der Waals surface area contributed by atoms with Crippen LogP contribution in [0.4, 0.5) is 5.69 Å². The van der Waals surface area contributed by atoms with Crippen molar-refractivity contribution in [2.75, 3.05) is 5.32 Å². The maximum atomic E-state index is 12.2. The van der Waals surface area contributed by atoms with Crippen LogP contribution in [-0.4, -0.2) is 10.9 Å². The van der Waals surface area contributed by atoms with Gasteiger partial charge in [0.1, 0.15) is 0 Å². The number of aromatic nitrogens is 1. The summed E-state index contributed by atoms with van der Waals surface area (Å²) >= 11 is 1.71. The van der Waals surface area contributed by atoms with Gasteiger partial charge in [-0.3, -0.25) is 9.78 Å². The molecule has 0 aliphatic carbocycles. The zero-order valence-corrected chi connectivity index (χ0v) is 14.2. The molecule has 0 aliphatic heterocycles. The van der Waals surface area contributed by atoms with Crippen LogP contribution in [-0.2, 0) is 5.75 Å². The molecule has 1 N–H and O–H groups in total. The standard InChI is InChI=1S/C20H15N3OS/c21-12-15-3-1-5-17(11-15)20(24)23-18-6-8-19(9-7-18)25-14-16-4-2-10-22-13-16/h1-11,13H,14H2,(H,23,24). The monoisotopic (exact) mass is 345 g/mol. The summed E-state index contributed by atoms with van der Waals surface area (Å²) in [7, 11) is 0. The van der Waals surface area contributed by atoms with Gasteiger partial charge >= 0.3 is 0 Å². The lowest BCUT2D eigenvalue weighted by Crippen LogP contribution is -2.11. The number of nitrogens with one attached hydrogen (secondary N) is 1. The number of hydrogen-bond acceptors (Lipinski definition) is 4. The smallest absolute Gasteiger partial charge is 0.255 e. The number of pyridine rings is 1. The van der Waals surface area contributed by atoms with E-state index < -0.39 is 0 Å². The van der Waals surface area contributed by atoms with Crippen LogP contribution in [0.25, 0.3) is 0 Å². The molecule has 3 aromatic rings. The maximum Gasteiger partial charge on any atom is 0.255 e. The second-order valence-electron chi connectivity index (χ2n) is 5.32. The molecule has 0 spiro atoms. The molecule has 5 heteroatoms. The predicted octanol–water partition coefficient (Wildman–Crippen LogP) is 4.50. The molecule has 0 atom stereocenters. The van der Waals surface area contributed by atoms with Gasteiger partial charge in [-0.15, -0.1) is 11.8 Å². The van der Waals surface area contributed by atoms with Crippen molar-refractivity contribution >= 4 is 23.4 Å². The lowest BCUT2D eigenvalue weighted by atomic mass is 10.1. The number of rotatable bonds is 5. The van der Waals surface area contributed by atoms with Gasteiger partial charge < -0.3 is 5.32 Å². The van der Waals surface area contributed by atoms with Crippen molar-refractivity contribution < 1.29 is 4.79 Å². The van der Waals surface area contributed by atoms with Crippen LogP contribution in [0.3, 0.4) is 0 Å². The molecule has 4 nitrogen and oxygen atoms in total. The topological polar surface area (TPSA) is 65.8 Å². The second-order valence-corrected chi connectivity index (χ2v) is 6.37. The summed E-state index contributed by atoms with van der Waals surface area (Å²) in [6, 6.07) is 20.3. The van der Waals surface area contributed by atoms with Gasteiger partial charge in [0.05, 0.1) is 11.6 Å². The Balaban J connectivity index is 1.60. The van der Waals surface area contributed by atoms with E-state index in [-0.39, 0.29) is 5.91 Å². The first-order chi connectivity index (χ1) is 12.2. The van der Waals surface area contributed by atoms with E-state index in [0.717, 1.165) is 16.3 Å². The molecule has 0 aliphatic rings. The molecule has 1 heterocycles. The quantitative estimate of drug-likeness (QED) is 0.692. The number of hydrogen-bond donors (Lipinski definition) is 1. The largest absolute Gasteiger partial charge is 0.322 e. The van der Waals surface area contributed by atoms with E-state index in [4.69, 9.17) is 5.26 Å². The molecular weight excluding hydrogens is 330 g/mol. The van der Waals surface area contributed by atoms with E-state index in [1.165, 1.54) is 5.56 Å². The van der Waals surface area contributed by atoms with Gasteiger partial charge in [-0.05, 0) is 54.1 Å². The zero-order chi connectivity index (χ0) is 17.5. The fraction of sp³-hybridized carbons (Fsp3) is 0.0500. The van der Waals surface area contributed by atoms with Crippen LogP contribution in [0, 0.1) is 11.3 Å². The molecule has 25 heavy (non-hydrogen) atoms. The predicted molar refractivity (Wildman–Crippen MR) is 99.4 cm³/mol. The molecule has 1 aromatic heterocycles. The fourth-order valence-electron chi connectivity index (χ4n) is 2.22. The highest BCUT2D eigenvalue weighted by atomic mass is 32.2. The van der Waals surface area contributed by atoms with Gasteiger partial charge in [0.15, 0.2) is 0 Å². The molecule has 1 amide bonds. The Morgan fingerprint density at radius 1 is 1.12 bits per heavy atom. The molecule has 0 unspecified atom stereocenters. The highest BCUT2D eigenvalue weighted by molar-refractivity contribution is 7.98. The van der Waals surface area contributed by atoms with E-state index in [1.807, 2.05) is 48.7 Å². The van der Waals surface area contributed by atoms with Gasteiger partial charge in [0.25, 0.3) is 5.91 Å². The van der Waals surface area contributed by atoms with Crippen LogP contribution in [0.2, 0.25) is 0 Å². The van der Waals surface area contributed by atoms with E-state index in [9.17, 15) is 4.79 Å². The maximum absolute atomic E-state index is 12.2. The van der Waals surface area contributed by atoms with Crippen LogP contribution in [0.1, 0.15) is 21.5 Å². The Bertz CT molecular complexity index is 902. The third kappa shape index (κ3) is 4.69. The van der Waals surface area contributed by atoms with Crippen LogP contribution in [0.5, 0.6) is 0 Å². The summed E-state index contributed by atoms with van der Waals surface area (Å²) in [6.07, 6.45) is 3.62. The molecule has 0 fully saturated rings.